The van der Waals surface area contributed by atoms with Gasteiger partial charge < -0.3 is 10.1 Å². The second-order valence-electron chi connectivity index (χ2n) is 4.78. The summed E-state index contributed by atoms with van der Waals surface area (Å²) in [6, 6.07) is 10.5. The lowest BCUT2D eigenvalue weighted by atomic mass is 10.1. The molecule has 2 rings (SSSR count). The van der Waals surface area contributed by atoms with Gasteiger partial charge in [0.25, 0.3) is 0 Å². The molecule has 1 aromatic heterocycles. The van der Waals surface area contributed by atoms with E-state index in [0.717, 1.165) is 18.0 Å². The Morgan fingerprint density at radius 2 is 2.00 bits per heavy atom. The molecule has 19 heavy (non-hydrogen) atoms. The van der Waals surface area contributed by atoms with Crippen molar-refractivity contribution in [2.45, 2.75) is 26.4 Å². The van der Waals surface area contributed by atoms with E-state index >= 15 is 0 Å². The van der Waals surface area contributed by atoms with Gasteiger partial charge in [0.1, 0.15) is 5.75 Å². The number of hydrogen-bond acceptors (Lipinski definition) is 3. The number of ether oxygens (including phenoxy) is 1. The van der Waals surface area contributed by atoms with Crippen LogP contribution in [0, 0.1) is 6.92 Å². The van der Waals surface area contributed by atoms with Crippen LogP contribution in [0.15, 0.2) is 30.3 Å². The van der Waals surface area contributed by atoms with Crippen molar-refractivity contribution < 1.29 is 4.74 Å². The fraction of sp³-hybridized carbons (Fsp3) is 0.400. The van der Waals surface area contributed by atoms with Crippen LogP contribution in [0.2, 0.25) is 0 Å². The van der Waals surface area contributed by atoms with Gasteiger partial charge in [0.2, 0.25) is 0 Å². The van der Waals surface area contributed by atoms with Gasteiger partial charge in [0.15, 0.2) is 0 Å². The van der Waals surface area contributed by atoms with Gasteiger partial charge in [-0.2, -0.15) is 5.10 Å². The summed E-state index contributed by atoms with van der Waals surface area (Å²) < 4.78 is 7.08. The first-order valence-electron chi connectivity index (χ1n) is 6.47. The second kappa shape index (κ2) is 5.89. The summed E-state index contributed by atoms with van der Waals surface area (Å²) in [4.78, 5) is 0. The molecular formula is C15H21N3O. The standard InChI is InChI=1S/C15H21N3O/c1-11-9-14(18(3)17-11)10-16-12(2)13-5-7-15(19-4)8-6-13/h5-9,12,16H,10H2,1-4H3/t12-/m0/s1. The highest BCUT2D eigenvalue weighted by molar-refractivity contribution is 5.28. The van der Waals surface area contributed by atoms with E-state index in [9.17, 15) is 0 Å². The quantitative estimate of drug-likeness (QED) is 0.897. The van der Waals surface area contributed by atoms with Gasteiger partial charge in [0, 0.05) is 19.6 Å². The Morgan fingerprint density at radius 3 is 2.53 bits per heavy atom. The number of methoxy groups -OCH3 is 1. The summed E-state index contributed by atoms with van der Waals surface area (Å²) in [5.74, 6) is 0.887. The molecule has 0 unspecified atom stereocenters. The molecule has 0 spiro atoms. The molecule has 0 amide bonds. The molecular weight excluding hydrogens is 238 g/mol. The molecule has 4 nitrogen and oxygen atoms in total. The van der Waals surface area contributed by atoms with Gasteiger partial charge in [-0.15, -0.1) is 0 Å². The number of aryl methyl sites for hydroxylation is 2. The number of benzene rings is 1. The summed E-state index contributed by atoms with van der Waals surface area (Å²) in [5, 5.41) is 7.85. The number of nitrogens with zero attached hydrogens (tertiary/aromatic N) is 2. The molecule has 2 aromatic rings. The second-order valence-corrected chi connectivity index (χ2v) is 4.78. The topological polar surface area (TPSA) is 39.1 Å². The summed E-state index contributed by atoms with van der Waals surface area (Å²) in [7, 11) is 3.66. The Balaban J connectivity index is 1.96. The van der Waals surface area contributed by atoms with Crippen LogP contribution in [-0.4, -0.2) is 16.9 Å². The van der Waals surface area contributed by atoms with Crippen molar-refractivity contribution >= 4 is 0 Å². The van der Waals surface area contributed by atoms with Crippen LogP contribution < -0.4 is 10.1 Å². The van der Waals surface area contributed by atoms with Crippen molar-refractivity contribution in [1.82, 2.24) is 15.1 Å². The maximum absolute atomic E-state index is 5.16. The zero-order valence-electron chi connectivity index (χ0n) is 12.0. The minimum Gasteiger partial charge on any atom is -0.497 e. The monoisotopic (exact) mass is 259 g/mol. The fourth-order valence-electron chi connectivity index (χ4n) is 2.10. The van der Waals surface area contributed by atoms with E-state index in [1.165, 1.54) is 11.3 Å². The summed E-state index contributed by atoms with van der Waals surface area (Å²) in [6.07, 6.45) is 0. The Bertz CT molecular complexity index is 531. The van der Waals surface area contributed by atoms with Crippen molar-refractivity contribution in [3.63, 3.8) is 0 Å². The first-order valence-corrected chi connectivity index (χ1v) is 6.47. The first kappa shape index (κ1) is 13.6. The van der Waals surface area contributed by atoms with Crippen molar-refractivity contribution in [2.24, 2.45) is 7.05 Å². The van der Waals surface area contributed by atoms with Crippen LogP contribution in [0.5, 0.6) is 5.75 Å². The molecule has 0 aliphatic carbocycles. The van der Waals surface area contributed by atoms with E-state index in [2.05, 4.69) is 35.5 Å². The predicted molar refractivity (Wildman–Crippen MR) is 76.2 cm³/mol. The molecule has 0 saturated carbocycles. The summed E-state index contributed by atoms with van der Waals surface area (Å²) in [6.45, 7) is 4.98. The molecule has 0 radical (unpaired) electrons. The lowest BCUT2D eigenvalue weighted by molar-refractivity contribution is 0.414. The van der Waals surface area contributed by atoms with Crippen molar-refractivity contribution in [3.05, 3.63) is 47.3 Å². The van der Waals surface area contributed by atoms with E-state index in [4.69, 9.17) is 4.74 Å². The van der Waals surface area contributed by atoms with Gasteiger partial charge in [0.05, 0.1) is 18.5 Å². The van der Waals surface area contributed by atoms with Crippen LogP contribution in [0.3, 0.4) is 0 Å². The van der Waals surface area contributed by atoms with E-state index < -0.39 is 0 Å². The molecule has 0 aliphatic rings. The highest BCUT2D eigenvalue weighted by Crippen LogP contribution is 2.17. The third-order valence-electron chi connectivity index (χ3n) is 3.30. The van der Waals surface area contributed by atoms with E-state index in [0.29, 0.717) is 6.04 Å². The predicted octanol–water partition coefficient (Wildman–Crippen LogP) is 2.59. The Kier molecular flexibility index (Phi) is 4.22. The molecule has 1 atom stereocenters. The Hall–Kier alpha value is -1.81. The van der Waals surface area contributed by atoms with Crippen LogP contribution in [0.1, 0.15) is 29.9 Å². The van der Waals surface area contributed by atoms with Crippen molar-refractivity contribution in [3.8, 4) is 5.75 Å². The van der Waals surface area contributed by atoms with Crippen molar-refractivity contribution in [2.75, 3.05) is 7.11 Å². The first-order chi connectivity index (χ1) is 9.10. The highest BCUT2D eigenvalue weighted by atomic mass is 16.5. The normalized spacial score (nSPS) is 12.4. The molecule has 1 heterocycles. The summed E-state index contributed by atoms with van der Waals surface area (Å²) in [5.41, 5.74) is 3.49. The van der Waals surface area contributed by atoms with E-state index in [1.54, 1.807) is 7.11 Å². The third-order valence-corrected chi connectivity index (χ3v) is 3.30. The molecule has 102 valence electrons. The van der Waals surface area contributed by atoms with Crippen molar-refractivity contribution in [1.29, 1.82) is 0 Å². The molecule has 4 heteroatoms. The third kappa shape index (κ3) is 3.35. The highest BCUT2D eigenvalue weighted by Gasteiger charge is 2.07. The van der Waals surface area contributed by atoms with Gasteiger partial charge in [-0.3, -0.25) is 4.68 Å². The Labute approximate surface area is 114 Å². The van der Waals surface area contributed by atoms with Gasteiger partial charge in [-0.25, -0.2) is 0 Å². The minimum atomic E-state index is 0.293. The molecule has 0 saturated heterocycles. The maximum atomic E-state index is 5.16. The number of nitrogens with one attached hydrogen (secondary N) is 1. The van der Waals surface area contributed by atoms with Crippen LogP contribution in [0.4, 0.5) is 0 Å². The Morgan fingerprint density at radius 1 is 1.32 bits per heavy atom. The molecule has 0 bridgehead atoms. The van der Waals surface area contributed by atoms with Crippen LogP contribution >= 0.6 is 0 Å². The van der Waals surface area contributed by atoms with E-state index in [1.807, 2.05) is 30.8 Å². The average Bonchev–Trinajstić information content (AvgIpc) is 2.74. The zero-order valence-corrected chi connectivity index (χ0v) is 12.0. The summed E-state index contributed by atoms with van der Waals surface area (Å²) >= 11 is 0. The number of aromatic nitrogens is 2. The fourth-order valence-corrected chi connectivity index (χ4v) is 2.10. The smallest absolute Gasteiger partial charge is 0.118 e. The largest absolute Gasteiger partial charge is 0.497 e. The lowest BCUT2D eigenvalue weighted by Gasteiger charge is -2.14. The average molecular weight is 259 g/mol. The number of hydrogen-bond donors (Lipinski definition) is 1. The SMILES string of the molecule is COc1ccc([C@H](C)NCc2cc(C)nn2C)cc1. The van der Waals surface area contributed by atoms with Crippen LogP contribution in [-0.2, 0) is 13.6 Å². The zero-order chi connectivity index (χ0) is 13.8. The molecule has 1 N–H and O–H groups in total. The van der Waals surface area contributed by atoms with Gasteiger partial charge >= 0.3 is 0 Å². The minimum absolute atomic E-state index is 0.293. The maximum Gasteiger partial charge on any atom is 0.118 e. The van der Waals surface area contributed by atoms with Gasteiger partial charge in [-0.05, 0) is 37.6 Å². The molecule has 1 aromatic carbocycles. The van der Waals surface area contributed by atoms with E-state index in [-0.39, 0.29) is 0 Å². The van der Waals surface area contributed by atoms with Gasteiger partial charge in [-0.1, -0.05) is 12.1 Å². The molecule has 0 fully saturated rings. The van der Waals surface area contributed by atoms with Crippen LogP contribution in [0.25, 0.3) is 0 Å². The molecule has 0 aliphatic heterocycles. The lowest BCUT2D eigenvalue weighted by Crippen LogP contribution is -2.19. The number of rotatable bonds is 5.